The molecule has 0 heterocycles. The highest BCUT2D eigenvalue weighted by molar-refractivity contribution is 7.89. The van der Waals surface area contributed by atoms with Crippen LogP contribution < -0.4 is 10.5 Å². The van der Waals surface area contributed by atoms with E-state index in [9.17, 15) is 8.42 Å². The summed E-state index contributed by atoms with van der Waals surface area (Å²) in [6, 6.07) is -0.0925. The Morgan fingerprint density at radius 1 is 1.35 bits per heavy atom. The van der Waals surface area contributed by atoms with Gasteiger partial charge < -0.3 is 5.73 Å². The summed E-state index contributed by atoms with van der Waals surface area (Å²) in [6.45, 7) is 3.92. The minimum absolute atomic E-state index is 0.0925. The molecule has 0 aromatic heterocycles. The van der Waals surface area contributed by atoms with Gasteiger partial charge in [-0.1, -0.05) is 25.3 Å². The molecule has 0 saturated heterocycles. The maximum absolute atomic E-state index is 11.8. The Hall–Kier alpha value is -0.390. The highest BCUT2D eigenvalue weighted by Crippen LogP contribution is 2.26. The average molecular weight is 260 g/mol. The Balaban J connectivity index is 2.52. The van der Waals surface area contributed by atoms with Crippen LogP contribution in [0, 0.1) is 5.92 Å². The molecule has 0 aromatic rings. The molecule has 1 unspecified atom stereocenters. The lowest BCUT2D eigenvalue weighted by atomic mass is 9.84. The molecule has 0 aromatic carbocycles. The minimum atomic E-state index is -3.21. The van der Waals surface area contributed by atoms with Gasteiger partial charge in [-0.2, -0.15) is 0 Å². The molecular weight excluding hydrogens is 236 g/mol. The van der Waals surface area contributed by atoms with E-state index < -0.39 is 10.0 Å². The van der Waals surface area contributed by atoms with Crippen molar-refractivity contribution in [2.24, 2.45) is 11.7 Å². The van der Waals surface area contributed by atoms with E-state index >= 15 is 0 Å². The molecule has 1 atom stereocenters. The molecule has 0 amide bonds. The van der Waals surface area contributed by atoms with Gasteiger partial charge in [-0.3, -0.25) is 0 Å². The van der Waals surface area contributed by atoms with Crippen LogP contribution in [0.4, 0.5) is 0 Å². The van der Waals surface area contributed by atoms with E-state index in [4.69, 9.17) is 5.73 Å². The zero-order valence-corrected chi connectivity index (χ0v) is 11.2. The third-order valence-electron chi connectivity index (χ3n) is 3.39. The molecule has 0 bridgehead atoms. The Labute approximate surface area is 105 Å². The van der Waals surface area contributed by atoms with Crippen molar-refractivity contribution >= 4 is 10.0 Å². The standard InChI is InChI=1S/C12H24N2O2S/c1-2-3-9-17(15,16)14-12(10-13)11-7-5-4-6-8-11/h2,11-12,14H,1,3-10,13H2. The van der Waals surface area contributed by atoms with E-state index in [0.717, 1.165) is 12.8 Å². The molecule has 5 heteroatoms. The molecular formula is C12H24N2O2S. The first kappa shape index (κ1) is 14.7. The second kappa shape index (κ2) is 7.13. The van der Waals surface area contributed by atoms with Gasteiger partial charge in [0.2, 0.25) is 10.0 Å². The zero-order valence-electron chi connectivity index (χ0n) is 10.4. The van der Waals surface area contributed by atoms with Crippen LogP contribution in [0.25, 0.3) is 0 Å². The number of sulfonamides is 1. The predicted molar refractivity (Wildman–Crippen MR) is 71.2 cm³/mol. The fraction of sp³-hybridized carbons (Fsp3) is 0.833. The smallest absolute Gasteiger partial charge is 0.212 e. The van der Waals surface area contributed by atoms with Gasteiger partial charge in [0.25, 0.3) is 0 Å². The summed E-state index contributed by atoms with van der Waals surface area (Å²) in [5.74, 6) is 0.520. The highest BCUT2D eigenvalue weighted by atomic mass is 32.2. The van der Waals surface area contributed by atoms with Crippen LogP contribution >= 0.6 is 0 Å². The quantitative estimate of drug-likeness (QED) is 0.679. The third kappa shape index (κ3) is 5.19. The molecule has 4 nitrogen and oxygen atoms in total. The Bertz CT molecular complexity index is 321. The predicted octanol–water partition coefficient (Wildman–Crippen LogP) is 1.39. The van der Waals surface area contributed by atoms with E-state index in [2.05, 4.69) is 11.3 Å². The van der Waals surface area contributed by atoms with E-state index in [0.29, 0.717) is 18.9 Å². The van der Waals surface area contributed by atoms with Crippen LogP contribution in [0.2, 0.25) is 0 Å². The van der Waals surface area contributed by atoms with E-state index in [1.807, 2.05) is 0 Å². The fourth-order valence-corrected chi connectivity index (χ4v) is 3.75. The molecule has 1 aliphatic carbocycles. The van der Waals surface area contributed by atoms with Crippen molar-refractivity contribution < 1.29 is 8.42 Å². The first-order chi connectivity index (χ1) is 8.09. The van der Waals surface area contributed by atoms with E-state index in [1.54, 1.807) is 6.08 Å². The molecule has 100 valence electrons. The average Bonchev–Trinajstić information content (AvgIpc) is 2.35. The maximum Gasteiger partial charge on any atom is 0.212 e. The number of hydrogen-bond donors (Lipinski definition) is 2. The number of hydrogen-bond acceptors (Lipinski definition) is 3. The summed E-state index contributed by atoms with van der Waals surface area (Å²) in [5, 5.41) is 0. The summed E-state index contributed by atoms with van der Waals surface area (Å²) in [6.07, 6.45) is 7.92. The molecule has 1 saturated carbocycles. The van der Waals surface area contributed by atoms with Crippen molar-refractivity contribution in [1.82, 2.24) is 4.72 Å². The summed E-state index contributed by atoms with van der Waals surface area (Å²) >= 11 is 0. The van der Waals surface area contributed by atoms with E-state index in [1.165, 1.54) is 19.3 Å². The van der Waals surface area contributed by atoms with Gasteiger partial charge >= 0.3 is 0 Å². The molecule has 0 aliphatic heterocycles. The summed E-state index contributed by atoms with van der Waals surface area (Å²) in [4.78, 5) is 0. The molecule has 3 N–H and O–H groups in total. The van der Waals surface area contributed by atoms with Gasteiger partial charge in [-0.15, -0.1) is 6.58 Å². The topological polar surface area (TPSA) is 72.2 Å². The summed E-state index contributed by atoms with van der Waals surface area (Å²) in [7, 11) is -3.21. The number of rotatable bonds is 7. The monoisotopic (exact) mass is 260 g/mol. The molecule has 1 fully saturated rings. The minimum Gasteiger partial charge on any atom is -0.329 e. The van der Waals surface area contributed by atoms with Crippen molar-refractivity contribution in [3.05, 3.63) is 12.7 Å². The molecule has 0 spiro atoms. The highest BCUT2D eigenvalue weighted by Gasteiger charge is 2.25. The second-order valence-corrected chi connectivity index (χ2v) is 6.63. The van der Waals surface area contributed by atoms with Gasteiger partial charge in [0.05, 0.1) is 5.75 Å². The number of nitrogens with one attached hydrogen (secondary N) is 1. The maximum atomic E-state index is 11.8. The molecule has 1 rings (SSSR count). The number of allylic oxidation sites excluding steroid dienone is 1. The Morgan fingerprint density at radius 3 is 2.53 bits per heavy atom. The normalized spacial score (nSPS) is 20.1. The lowest BCUT2D eigenvalue weighted by Gasteiger charge is -2.29. The number of nitrogens with two attached hydrogens (primary N) is 1. The van der Waals surface area contributed by atoms with Gasteiger partial charge in [-0.05, 0) is 25.2 Å². The van der Waals surface area contributed by atoms with Crippen LogP contribution in [0.3, 0.4) is 0 Å². The van der Waals surface area contributed by atoms with Gasteiger partial charge in [0.15, 0.2) is 0 Å². The van der Waals surface area contributed by atoms with E-state index in [-0.39, 0.29) is 11.8 Å². The van der Waals surface area contributed by atoms with Crippen molar-refractivity contribution in [3.8, 4) is 0 Å². The van der Waals surface area contributed by atoms with Crippen LogP contribution in [0.5, 0.6) is 0 Å². The summed E-state index contributed by atoms with van der Waals surface area (Å²) in [5.41, 5.74) is 5.69. The molecule has 1 aliphatic rings. The van der Waals surface area contributed by atoms with Crippen LogP contribution in [-0.2, 0) is 10.0 Å². The fourth-order valence-electron chi connectivity index (χ4n) is 2.40. The summed E-state index contributed by atoms with van der Waals surface area (Å²) < 4.78 is 26.3. The largest absolute Gasteiger partial charge is 0.329 e. The molecule has 0 radical (unpaired) electrons. The van der Waals surface area contributed by atoms with Gasteiger partial charge in [0, 0.05) is 12.6 Å². The van der Waals surface area contributed by atoms with Gasteiger partial charge in [-0.25, -0.2) is 13.1 Å². The Kier molecular flexibility index (Phi) is 6.16. The van der Waals surface area contributed by atoms with Crippen LogP contribution in [-0.4, -0.2) is 26.8 Å². The zero-order chi connectivity index (χ0) is 12.7. The van der Waals surface area contributed by atoms with Crippen molar-refractivity contribution in [2.45, 2.75) is 44.6 Å². The first-order valence-corrected chi connectivity index (χ1v) is 8.05. The van der Waals surface area contributed by atoms with Crippen LogP contribution in [0.1, 0.15) is 38.5 Å². The van der Waals surface area contributed by atoms with Crippen molar-refractivity contribution in [2.75, 3.05) is 12.3 Å². The Morgan fingerprint density at radius 2 is 2.00 bits per heavy atom. The van der Waals surface area contributed by atoms with Crippen molar-refractivity contribution in [3.63, 3.8) is 0 Å². The molecule has 17 heavy (non-hydrogen) atoms. The lowest BCUT2D eigenvalue weighted by Crippen LogP contribution is -2.46. The second-order valence-electron chi connectivity index (χ2n) is 4.75. The van der Waals surface area contributed by atoms with Gasteiger partial charge in [0.1, 0.15) is 0 Å². The van der Waals surface area contributed by atoms with Crippen LogP contribution in [0.15, 0.2) is 12.7 Å². The lowest BCUT2D eigenvalue weighted by molar-refractivity contribution is 0.294. The SMILES string of the molecule is C=CCCS(=O)(=O)NC(CN)C1CCCCC1. The van der Waals surface area contributed by atoms with Crippen molar-refractivity contribution in [1.29, 1.82) is 0 Å². The first-order valence-electron chi connectivity index (χ1n) is 6.40. The third-order valence-corrected chi connectivity index (χ3v) is 4.83.